The number of hydrogen-bond acceptors (Lipinski definition) is 4. The van der Waals surface area contributed by atoms with Gasteiger partial charge in [0.05, 0.1) is 12.5 Å². The van der Waals surface area contributed by atoms with Crippen LogP contribution in [0.15, 0.2) is 27.8 Å². The van der Waals surface area contributed by atoms with E-state index >= 15 is 0 Å². The second-order valence-electron chi connectivity index (χ2n) is 6.08. The van der Waals surface area contributed by atoms with Crippen LogP contribution < -0.4 is 10.6 Å². The van der Waals surface area contributed by atoms with Gasteiger partial charge in [0, 0.05) is 39.1 Å². The topological polar surface area (TPSA) is 86.9 Å². The molecule has 1 aromatic heterocycles. The van der Waals surface area contributed by atoms with Gasteiger partial charge in [-0.1, -0.05) is 0 Å². The fraction of sp³-hybridized carbons (Fsp3) is 0.688. The van der Waals surface area contributed by atoms with Crippen molar-refractivity contribution in [1.29, 1.82) is 0 Å². The van der Waals surface area contributed by atoms with Gasteiger partial charge in [-0.25, -0.2) is 12.7 Å². The summed E-state index contributed by atoms with van der Waals surface area (Å²) < 4.78 is 29.9. The summed E-state index contributed by atoms with van der Waals surface area (Å²) in [4.78, 5) is 4.64. The van der Waals surface area contributed by atoms with E-state index < -0.39 is 10.0 Å². The van der Waals surface area contributed by atoms with E-state index in [1.165, 1.54) is 6.26 Å². The number of sulfonamides is 1. The van der Waals surface area contributed by atoms with Crippen LogP contribution >= 0.6 is 24.0 Å². The van der Waals surface area contributed by atoms with Crippen molar-refractivity contribution in [2.75, 3.05) is 39.0 Å². The summed E-state index contributed by atoms with van der Waals surface area (Å²) in [5.41, 5.74) is 0. The van der Waals surface area contributed by atoms with Crippen LogP contribution in [0.3, 0.4) is 0 Å². The Kier molecular flexibility index (Phi) is 9.80. The Hall–Kier alpha value is -0.810. The van der Waals surface area contributed by atoms with Gasteiger partial charge in [-0.15, -0.1) is 24.0 Å². The number of furan rings is 1. The Bertz CT molecular complexity index is 611. The Morgan fingerprint density at radius 1 is 1.36 bits per heavy atom. The molecular weight excluding hydrogens is 455 g/mol. The van der Waals surface area contributed by atoms with Gasteiger partial charge in [-0.3, -0.25) is 4.99 Å². The van der Waals surface area contributed by atoms with Crippen molar-refractivity contribution in [3.8, 4) is 0 Å². The van der Waals surface area contributed by atoms with Crippen molar-refractivity contribution < 1.29 is 12.8 Å². The number of halogens is 1. The molecule has 2 heterocycles. The fourth-order valence-corrected chi connectivity index (χ4v) is 3.62. The molecule has 9 heteroatoms. The van der Waals surface area contributed by atoms with Crippen LogP contribution in [0.25, 0.3) is 0 Å². The average Bonchev–Trinajstić information content (AvgIpc) is 3.05. The molecule has 144 valence electrons. The van der Waals surface area contributed by atoms with E-state index in [-0.39, 0.29) is 24.0 Å². The Balaban J connectivity index is 0.00000312. The maximum absolute atomic E-state index is 11.5. The number of nitrogens with one attached hydrogen (secondary N) is 2. The molecule has 0 atom stereocenters. The predicted octanol–water partition coefficient (Wildman–Crippen LogP) is 1.67. The quantitative estimate of drug-likeness (QED) is 0.350. The minimum atomic E-state index is -3.06. The Morgan fingerprint density at radius 3 is 2.64 bits per heavy atom. The summed E-state index contributed by atoms with van der Waals surface area (Å²) in [7, 11) is -3.06. The third kappa shape index (κ3) is 7.95. The lowest BCUT2D eigenvalue weighted by Gasteiger charge is -2.29. The monoisotopic (exact) mass is 484 g/mol. The molecule has 2 rings (SSSR count). The fourth-order valence-electron chi connectivity index (χ4n) is 2.74. The summed E-state index contributed by atoms with van der Waals surface area (Å²) in [5.74, 6) is 2.18. The minimum absolute atomic E-state index is 0. The first-order valence-corrected chi connectivity index (χ1v) is 10.3. The van der Waals surface area contributed by atoms with Gasteiger partial charge in [0.1, 0.15) is 5.76 Å². The van der Waals surface area contributed by atoms with Crippen molar-refractivity contribution in [1.82, 2.24) is 14.9 Å². The summed E-state index contributed by atoms with van der Waals surface area (Å²) in [6.07, 6.45) is 5.49. The maximum atomic E-state index is 11.5. The van der Waals surface area contributed by atoms with E-state index in [1.807, 2.05) is 19.1 Å². The first-order chi connectivity index (χ1) is 11.5. The third-order valence-corrected chi connectivity index (χ3v) is 5.44. The van der Waals surface area contributed by atoms with E-state index in [1.54, 1.807) is 10.6 Å². The molecule has 25 heavy (non-hydrogen) atoms. The summed E-state index contributed by atoms with van der Waals surface area (Å²) in [5, 5.41) is 6.54. The van der Waals surface area contributed by atoms with Gasteiger partial charge >= 0.3 is 0 Å². The van der Waals surface area contributed by atoms with E-state index in [9.17, 15) is 8.42 Å². The molecular formula is C16H29IN4O3S. The third-order valence-electron chi connectivity index (χ3n) is 4.14. The van der Waals surface area contributed by atoms with Crippen molar-refractivity contribution >= 4 is 40.0 Å². The number of guanidine groups is 1. The molecule has 0 spiro atoms. The molecule has 0 bridgehead atoms. The van der Waals surface area contributed by atoms with Gasteiger partial charge in [0.25, 0.3) is 0 Å². The van der Waals surface area contributed by atoms with Crippen molar-refractivity contribution in [3.05, 3.63) is 24.2 Å². The minimum Gasteiger partial charge on any atom is -0.469 e. The highest BCUT2D eigenvalue weighted by atomic mass is 127. The lowest BCUT2D eigenvalue weighted by atomic mass is 9.98. The van der Waals surface area contributed by atoms with Crippen LogP contribution in [-0.2, 0) is 16.4 Å². The molecule has 1 aliphatic heterocycles. The van der Waals surface area contributed by atoms with Crippen LogP contribution in [0.1, 0.15) is 25.5 Å². The second kappa shape index (κ2) is 11.0. The number of aliphatic imine (C=N–C) groups is 1. The van der Waals surface area contributed by atoms with E-state index in [0.717, 1.165) is 44.1 Å². The van der Waals surface area contributed by atoms with Crippen LogP contribution in [0.4, 0.5) is 0 Å². The predicted molar refractivity (Wildman–Crippen MR) is 111 cm³/mol. The number of hydrogen-bond donors (Lipinski definition) is 2. The maximum Gasteiger partial charge on any atom is 0.211 e. The van der Waals surface area contributed by atoms with Gasteiger partial charge in [0.15, 0.2) is 5.96 Å². The van der Waals surface area contributed by atoms with Gasteiger partial charge in [0.2, 0.25) is 10.0 Å². The van der Waals surface area contributed by atoms with E-state index in [2.05, 4.69) is 15.6 Å². The van der Waals surface area contributed by atoms with Gasteiger partial charge in [-0.05, 0) is 37.8 Å². The molecule has 1 fully saturated rings. The Labute approximate surface area is 167 Å². The largest absolute Gasteiger partial charge is 0.469 e. The van der Waals surface area contributed by atoms with E-state index in [4.69, 9.17) is 4.42 Å². The first kappa shape index (κ1) is 22.2. The smallest absolute Gasteiger partial charge is 0.211 e. The average molecular weight is 484 g/mol. The number of rotatable bonds is 7. The Morgan fingerprint density at radius 2 is 2.08 bits per heavy atom. The van der Waals surface area contributed by atoms with Crippen LogP contribution in [0.2, 0.25) is 0 Å². The molecule has 0 radical (unpaired) electrons. The van der Waals surface area contributed by atoms with Crippen LogP contribution in [0.5, 0.6) is 0 Å². The molecule has 7 nitrogen and oxygen atoms in total. The highest BCUT2D eigenvalue weighted by Crippen LogP contribution is 2.19. The van der Waals surface area contributed by atoms with E-state index in [0.29, 0.717) is 25.6 Å². The molecule has 0 unspecified atom stereocenters. The first-order valence-electron chi connectivity index (χ1n) is 8.48. The summed E-state index contributed by atoms with van der Waals surface area (Å²) >= 11 is 0. The zero-order chi connectivity index (χ0) is 17.4. The molecule has 0 aliphatic carbocycles. The summed E-state index contributed by atoms with van der Waals surface area (Å²) in [6.45, 7) is 5.51. The normalized spacial score (nSPS) is 17.1. The highest BCUT2D eigenvalue weighted by molar-refractivity contribution is 14.0. The lowest BCUT2D eigenvalue weighted by molar-refractivity contribution is 0.280. The molecule has 0 saturated carbocycles. The zero-order valence-corrected chi connectivity index (χ0v) is 18.0. The van der Waals surface area contributed by atoms with Crippen molar-refractivity contribution in [2.45, 2.75) is 26.2 Å². The number of piperidine rings is 1. The molecule has 1 aliphatic rings. The van der Waals surface area contributed by atoms with Crippen molar-refractivity contribution in [3.63, 3.8) is 0 Å². The molecule has 2 N–H and O–H groups in total. The summed E-state index contributed by atoms with van der Waals surface area (Å²) in [6, 6.07) is 3.85. The molecule has 0 aromatic carbocycles. The highest BCUT2D eigenvalue weighted by Gasteiger charge is 2.24. The van der Waals surface area contributed by atoms with Gasteiger partial charge < -0.3 is 15.1 Å². The molecule has 1 saturated heterocycles. The SMILES string of the molecule is CCNC(=NCC1CCN(S(C)(=O)=O)CC1)NCCc1ccco1.I. The van der Waals surface area contributed by atoms with Gasteiger partial charge in [-0.2, -0.15) is 0 Å². The van der Waals surface area contributed by atoms with Crippen LogP contribution in [0, 0.1) is 5.92 Å². The molecule has 0 amide bonds. The number of nitrogens with zero attached hydrogens (tertiary/aromatic N) is 2. The van der Waals surface area contributed by atoms with Crippen molar-refractivity contribution in [2.24, 2.45) is 10.9 Å². The molecule has 1 aromatic rings. The zero-order valence-electron chi connectivity index (χ0n) is 14.9. The van der Waals surface area contributed by atoms with Crippen LogP contribution in [-0.4, -0.2) is 57.7 Å². The lowest BCUT2D eigenvalue weighted by Crippen LogP contribution is -2.40. The second-order valence-corrected chi connectivity index (χ2v) is 8.06. The standard InChI is InChI=1S/C16H28N4O3S.HI/c1-3-17-16(18-9-6-15-5-4-12-23-15)19-13-14-7-10-20(11-8-14)24(2,21)22;/h4-5,12,14H,3,6-11,13H2,1-2H3,(H2,17,18,19);1H.